The molecule has 0 heterocycles. The quantitative estimate of drug-likeness (QED) is 0.534. The number of methoxy groups -OCH3 is 1. The molecule has 0 atom stereocenters. The highest BCUT2D eigenvalue weighted by molar-refractivity contribution is 5.77. The lowest BCUT2D eigenvalue weighted by Gasteiger charge is -2.15. The summed E-state index contributed by atoms with van der Waals surface area (Å²) in [5.41, 5.74) is 0. The van der Waals surface area contributed by atoms with E-state index in [0.29, 0.717) is 26.0 Å². The lowest BCUT2D eigenvalue weighted by molar-refractivity contribution is -0.131. The highest BCUT2D eigenvalue weighted by atomic mass is 16.5. The summed E-state index contributed by atoms with van der Waals surface area (Å²) in [5, 5.41) is 0. The Kier molecular flexibility index (Phi) is 6.28. The zero-order chi connectivity index (χ0) is 9.40. The van der Waals surface area contributed by atoms with E-state index in [2.05, 4.69) is 0 Å². The number of hydrogen-bond donors (Lipinski definition) is 0. The number of aldehydes is 1. The molecule has 0 aromatic carbocycles. The molecule has 0 aliphatic rings. The summed E-state index contributed by atoms with van der Waals surface area (Å²) < 4.78 is 4.80. The first-order valence-electron chi connectivity index (χ1n) is 3.89. The van der Waals surface area contributed by atoms with Crippen molar-refractivity contribution in [3.05, 3.63) is 0 Å². The maximum absolute atomic E-state index is 11.1. The number of carbonyl (C=O) groups is 2. The van der Waals surface area contributed by atoms with Crippen LogP contribution in [0.4, 0.5) is 0 Å². The Balaban J connectivity index is 3.53. The fourth-order valence-electron chi connectivity index (χ4n) is 0.726. The third-order valence-corrected chi connectivity index (χ3v) is 1.53. The molecule has 0 aliphatic heterocycles. The van der Waals surface area contributed by atoms with Gasteiger partial charge in [-0.3, -0.25) is 4.79 Å². The molecule has 0 aliphatic carbocycles. The number of amides is 1. The van der Waals surface area contributed by atoms with Crippen LogP contribution < -0.4 is 0 Å². The molecule has 0 fully saturated rings. The summed E-state index contributed by atoms with van der Waals surface area (Å²) in [7, 11) is 3.29. The van der Waals surface area contributed by atoms with Crippen LogP contribution in [0, 0.1) is 0 Å². The van der Waals surface area contributed by atoms with Gasteiger partial charge in [0.1, 0.15) is 6.29 Å². The van der Waals surface area contributed by atoms with Crippen LogP contribution in [0.3, 0.4) is 0 Å². The first kappa shape index (κ1) is 11.1. The fraction of sp³-hybridized carbons (Fsp3) is 0.750. The lowest BCUT2D eigenvalue weighted by atomic mass is 10.3. The topological polar surface area (TPSA) is 46.6 Å². The Morgan fingerprint density at radius 3 is 2.75 bits per heavy atom. The average Bonchev–Trinajstić information content (AvgIpc) is 2.10. The van der Waals surface area contributed by atoms with Gasteiger partial charge in [0.25, 0.3) is 0 Å². The SMILES string of the molecule is COCCN(C)C(=O)CCC=O. The number of hydrogen-bond acceptors (Lipinski definition) is 3. The molecule has 12 heavy (non-hydrogen) atoms. The van der Waals surface area contributed by atoms with E-state index in [1.165, 1.54) is 0 Å². The van der Waals surface area contributed by atoms with Gasteiger partial charge in [0, 0.05) is 33.5 Å². The molecule has 0 saturated heterocycles. The summed E-state index contributed by atoms with van der Waals surface area (Å²) >= 11 is 0. The van der Waals surface area contributed by atoms with Crippen LogP contribution in [0.25, 0.3) is 0 Å². The van der Waals surface area contributed by atoms with Crippen molar-refractivity contribution in [1.29, 1.82) is 0 Å². The van der Waals surface area contributed by atoms with Crippen molar-refractivity contribution in [3.8, 4) is 0 Å². The van der Waals surface area contributed by atoms with Crippen molar-refractivity contribution in [2.45, 2.75) is 12.8 Å². The second kappa shape index (κ2) is 6.79. The first-order chi connectivity index (χ1) is 5.72. The van der Waals surface area contributed by atoms with Gasteiger partial charge >= 0.3 is 0 Å². The van der Waals surface area contributed by atoms with Crippen molar-refractivity contribution in [2.24, 2.45) is 0 Å². The maximum atomic E-state index is 11.1. The van der Waals surface area contributed by atoms with Crippen LogP contribution in [-0.2, 0) is 14.3 Å². The molecule has 1 amide bonds. The molecular formula is C8H15NO3. The third kappa shape index (κ3) is 4.85. The summed E-state index contributed by atoms with van der Waals surface area (Å²) in [6.45, 7) is 1.11. The van der Waals surface area contributed by atoms with Gasteiger partial charge in [-0.05, 0) is 0 Å². The van der Waals surface area contributed by atoms with Gasteiger partial charge in [0.2, 0.25) is 5.91 Å². The fourth-order valence-corrected chi connectivity index (χ4v) is 0.726. The molecule has 0 bridgehead atoms. The molecule has 0 aromatic heterocycles. The molecular weight excluding hydrogens is 158 g/mol. The van der Waals surface area contributed by atoms with Crippen LogP contribution in [0.2, 0.25) is 0 Å². The molecule has 0 N–H and O–H groups in total. The number of carbonyl (C=O) groups excluding carboxylic acids is 2. The molecule has 0 rings (SSSR count). The zero-order valence-corrected chi connectivity index (χ0v) is 7.58. The maximum Gasteiger partial charge on any atom is 0.222 e. The highest BCUT2D eigenvalue weighted by Crippen LogP contribution is 1.92. The van der Waals surface area contributed by atoms with Crippen LogP contribution in [0.15, 0.2) is 0 Å². The molecule has 0 aromatic rings. The van der Waals surface area contributed by atoms with E-state index < -0.39 is 0 Å². The largest absolute Gasteiger partial charge is 0.383 e. The molecule has 4 heteroatoms. The van der Waals surface area contributed by atoms with Crippen LogP contribution in [0.5, 0.6) is 0 Å². The Morgan fingerprint density at radius 1 is 1.58 bits per heavy atom. The Morgan fingerprint density at radius 2 is 2.25 bits per heavy atom. The smallest absolute Gasteiger partial charge is 0.222 e. The second-order valence-corrected chi connectivity index (χ2v) is 2.51. The van der Waals surface area contributed by atoms with Crippen molar-refractivity contribution >= 4 is 12.2 Å². The summed E-state index contributed by atoms with van der Waals surface area (Å²) in [5.74, 6) is -0.0147. The minimum Gasteiger partial charge on any atom is -0.383 e. The molecule has 0 saturated carbocycles. The molecule has 70 valence electrons. The molecule has 0 unspecified atom stereocenters. The van der Waals surface area contributed by atoms with E-state index in [4.69, 9.17) is 4.74 Å². The van der Waals surface area contributed by atoms with Gasteiger partial charge in [0.15, 0.2) is 0 Å². The standard InChI is InChI=1S/C8H15NO3/c1-9(5-7-12-2)8(11)4-3-6-10/h6H,3-5,7H2,1-2H3. The zero-order valence-electron chi connectivity index (χ0n) is 7.58. The predicted molar refractivity (Wildman–Crippen MR) is 44.8 cm³/mol. The highest BCUT2D eigenvalue weighted by Gasteiger charge is 2.06. The first-order valence-corrected chi connectivity index (χ1v) is 3.89. The minimum atomic E-state index is -0.0147. The average molecular weight is 173 g/mol. The van der Waals surface area contributed by atoms with E-state index in [9.17, 15) is 9.59 Å². The Hall–Kier alpha value is -0.900. The van der Waals surface area contributed by atoms with Gasteiger partial charge in [-0.2, -0.15) is 0 Å². The Bertz CT molecular complexity index is 147. The van der Waals surface area contributed by atoms with E-state index >= 15 is 0 Å². The molecule has 0 spiro atoms. The van der Waals surface area contributed by atoms with Gasteiger partial charge < -0.3 is 14.4 Å². The van der Waals surface area contributed by atoms with Crippen molar-refractivity contribution < 1.29 is 14.3 Å². The number of likely N-dealkylation sites (N-methyl/N-ethyl adjacent to an activating group) is 1. The van der Waals surface area contributed by atoms with Crippen LogP contribution in [-0.4, -0.2) is 44.4 Å². The van der Waals surface area contributed by atoms with Crippen LogP contribution in [0.1, 0.15) is 12.8 Å². The number of nitrogens with zero attached hydrogens (tertiary/aromatic N) is 1. The Labute approximate surface area is 72.5 Å². The van der Waals surface area contributed by atoms with Crippen molar-refractivity contribution in [3.63, 3.8) is 0 Å². The third-order valence-electron chi connectivity index (χ3n) is 1.53. The van der Waals surface area contributed by atoms with Gasteiger partial charge in [0.05, 0.1) is 6.61 Å². The summed E-state index contributed by atoms with van der Waals surface area (Å²) in [6.07, 6.45) is 1.35. The van der Waals surface area contributed by atoms with E-state index in [1.54, 1.807) is 19.1 Å². The van der Waals surface area contributed by atoms with E-state index in [1.807, 2.05) is 0 Å². The molecule has 0 radical (unpaired) electrons. The number of ether oxygens (including phenoxy) is 1. The molecule has 4 nitrogen and oxygen atoms in total. The van der Waals surface area contributed by atoms with Gasteiger partial charge in [-0.1, -0.05) is 0 Å². The summed E-state index contributed by atoms with van der Waals surface area (Å²) in [4.78, 5) is 22.6. The second-order valence-electron chi connectivity index (χ2n) is 2.51. The minimum absolute atomic E-state index is 0.0147. The lowest BCUT2D eigenvalue weighted by Crippen LogP contribution is -2.29. The van der Waals surface area contributed by atoms with Crippen molar-refractivity contribution in [1.82, 2.24) is 4.90 Å². The monoisotopic (exact) mass is 173 g/mol. The van der Waals surface area contributed by atoms with Crippen molar-refractivity contribution in [2.75, 3.05) is 27.3 Å². The number of rotatable bonds is 6. The van der Waals surface area contributed by atoms with Gasteiger partial charge in [-0.15, -0.1) is 0 Å². The normalized spacial score (nSPS) is 9.50. The van der Waals surface area contributed by atoms with Gasteiger partial charge in [-0.25, -0.2) is 0 Å². The summed E-state index contributed by atoms with van der Waals surface area (Å²) in [6, 6.07) is 0. The van der Waals surface area contributed by atoms with E-state index in [-0.39, 0.29) is 5.91 Å². The predicted octanol–water partition coefficient (Wildman–Crippen LogP) is 0.0703. The van der Waals surface area contributed by atoms with E-state index in [0.717, 1.165) is 6.29 Å². The van der Waals surface area contributed by atoms with Crippen LogP contribution >= 0.6 is 0 Å².